The number of aromatic nitrogens is 4. The highest BCUT2D eigenvalue weighted by Gasteiger charge is 2.53. The minimum absolute atomic E-state index is 0.236. The van der Waals surface area contributed by atoms with Crippen molar-refractivity contribution in [2.24, 2.45) is 0 Å². The molecule has 0 radical (unpaired) electrons. The molecule has 0 amide bonds. The first-order chi connectivity index (χ1) is 17.1. The van der Waals surface area contributed by atoms with Crippen molar-refractivity contribution in [1.82, 2.24) is 19.9 Å². The van der Waals surface area contributed by atoms with Crippen molar-refractivity contribution in [3.63, 3.8) is 0 Å². The van der Waals surface area contributed by atoms with Crippen LogP contribution in [0.2, 0.25) is 0 Å². The topological polar surface area (TPSA) is 95.3 Å². The zero-order valence-corrected chi connectivity index (χ0v) is 20.8. The SMILES string of the molecule is O=S1CCCc2nc(N3CC=C(c4ncc(C5CC5)cn4)CC3)nc(N3CCC(O)C34CCC4)c21. The van der Waals surface area contributed by atoms with Crippen LogP contribution in [0.1, 0.15) is 74.4 Å². The molecular formula is C26H32N6O2S. The normalized spacial score (nSPS) is 27.5. The van der Waals surface area contributed by atoms with Gasteiger partial charge in [-0.2, -0.15) is 4.98 Å². The van der Waals surface area contributed by atoms with Crippen LogP contribution in [0.15, 0.2) is 23.4 Å². The maximum atomic E-state index is 13.1. The maximum Gasteiger partial charge on any atom is 0.227 e. The first kappa shape index (κ1) is 21.9. The van der Waals surface area contributed by atoms with Gasteiger partial charge in [-0.1, -0.05) is 6.08 Å². The molecule has 2 aromatic rings. The number of hydrogen-bond acceptors (Lipinski definition) is 8. The summed E-state index contributed by atoms with van der Waals surface area (Å²) in [6.45, 7) is 2.27. The van der Waals surface area contributed by atoms with E-state index in [9.17, 15) is 9.32 Å². The fourth-order valence-electron chi connectivity index (χ4n) is 6.24. The quantitative estimate of drug-likeness (QED) is 0.696. The zero-order valence-electron chi connectivity index (χ0n) is 20.0. The molecule has 2 saturated carbocycles. The summed E-state index contributed by atoms with van der Waals surface area (Å²) < 4.78 is 13.1. The molecule has 2 atom stereocenters. The molecule has 1 N–H and O–H groups in total. The molecule has 0 bridgehead atoms. The summed E-state index contributed by atoms with van der Waals surface area (Å²) in [6, 6.07) is 0. The second kappa shape index (κ2) is 8.34. The number of hydrogen-bond donors (Lipinski definition) is 1. The minimum atomic E-state index is -1.09. The van der Waals surface area contributed by atoms with E-state index in [4.69, 9.17) is 9.97 Å². The molecule has 3 fully saturated rings. The maximum absolute atomic E-state index is 13.1. The highest BCUT2D eigenvalue weighted by atomic mass is 32.2. The fraction of sp³-hybridized carbons (Fsp3) is 0.615. The lowest BCUT2D eigenvalue weighted by atomic mass is 9.73. The summed E-state index contributed by atoms with van der Waals surface area (Å²) in [5, 5.41) is 10.8. The standard InChI is InChI=1S/C26H32N6O2S/c33-21-8-13-32(26(21)9-2-10-26)24-22-20(3-1-14-35(22)34)29-25(30-24)31-11-6-18(7-12-31)23-27-15-19(16-28-23)17-4-5-17/h6,15-17,21,33H,1-5,7-14H2. The molecule has 1 saturated heterocycles. The summed E-state index contributed by atoms with van der Waals surface area (Å²) in [4.78, 5) is 24.6. The summed E-state index contributed by atoms with van der Waals surface area (Å²) in [6.07, 6.45) is 14.8. The molecule has 5 heterocycles. The Balaban J connectivity index is 1.19. The summed E-state index contributed by atoms with van der Waals surface area (Å²) in [5.74, 6) is 3.69. The van der Waals surface area contributed by atoms with Crippen molar-refractivity contribution in [3.05, 3.63) is 35.6 Å². The average molecular weight is 493 g/mol. The number of aliphatic hydroxyl groups is 1. The van der Waals surface area contributed by atoms with Gasteiger partial charge in [0, 0.05) is 37.8 Å². The van der Waals surface area contributed by atoms with Gasteiger partial charge in [0.2, 0.25) is 5.95 Å². The van der Waals surface area contributed by atoms with Crippen LogP contribution in [0.25, 0.3) is 5.57 Å². The number of fused-ring (bicyclic) bond motifs is 1. The van der Waals surface area contributed by atoms with Crippen LogP contribution in [-0.4, -0.2) is 66.3 Å². The van der Waals surface area contributed by atoms with Gasteiger partial charge in [-0.05, 0) is 74.8 Å². The first-order valence-corrected chi connectivity index (χ1v) is 14.5. The summed E-state index contributed by atoms with van der Waals surface area (Å²) in [7, 11) is -1.09. The van der Waals surface area contributed by atoms with Gasteiger partial charge in [-0.15, -0.1) is 0 Å². The predicted molar refractivity (Wildman–Crippen MR) is 135 cm³/mol. The second-order valence-corrected chi connectivity index (χ2v) is 12.2. The Labute approximate surface area is 208 Å². The van der Waals surface area contributed by atoms with Crippen LogP contribution in [0, 0.1) is 0 Å². The van der Waals surface area contributed by atoms with Gasteiger partial charge in [-0.3, -0.25) is 4.21 Å². The lowest BCUT2D eigenvalue weighted by molar-refractivity contribution is 0.0579. The Morgan fingerprint density at radius 3 is 2.54 bits per heavy atom. The van der Waals surface area contributed by atoms with Gasteiger partial charge < -0.3 is 14.9 Å². The Morgan fingerprint density at radius 2 is 1.86 bits per heavy atom. The average Bonchev–Trinajstić information content (AvgIpc) is 3.65. The molecule has 2 aromatic heterocycles. The predicted octanol–water partition coefficient (Wildman–Crippen LogP) is 2.99. The number of aryl methyl sites for hydroxylation is 1. The van der Waals surface area contributed by atoms with Crippen LogP contribution in [0.4, 0.5) is 11.8 Å². The van der Waals surface area contributed by atoms with Crippen LogP contribution < -0.4 is 9.80 Å². The van der Waals surface area contributed by atoms with Crippen LogP contribution >= 0.6 is 0 Å². The van der Waals surface area contributed by atoms with Crippen molar-refractivity contribution in [1.29, 1.82) is 0 Å². The Morgan fingerprint density at radius 1 is 1.03 bits per heavy atom. The highest BCUT2D eigenvalue weighted by Crippen LogP contribution is 2.49. The highest BCUT2D eigenvalue weighted by molar-refractivity contribution is 7.85. The van der Waals surface area contributed by atoms with E-state index < -0.39 is 10.8 Å². The molecule has 9 heteroatoms. The molecule has 2 unspecified atom stereocenters. The molecular weight excluding hydrogens is 460 g/mol. The second-order valence-electron chi connectivity index (χ2n) is 10.7. The van der Waals surface area contributed by atoms with E-state index in [-0.39, 0.29) is 11.6 Å². The molecule has 7 rings (SSSR count). The summed E-state index contributed by atoms with van der Waals surface area (Å²) in [5.41, 5.74) is 3.13. The van der Waals surface area contributed by atoms with Crippen LogP contribution in [0.5, 0.6) is 0 Å². The van der Waals surface area contributed by atoms with E-state index in [2.05, 4.69) is 25.8 Å². The number of nitrogens with zero attached hydrogens (tertiary/aromatic N) is 6. The zero-order chi connectivity index (χ0) is 23.6. The van der Waals surface area contributed by atoms with Crippen LogP contribution in [-0.2, 0) is 17.2 Å². The molecule has 0 aromatic carbocycles. The van der Waals surface area contributed by atoms with E-state index in [1.807, 2.05) is 12.4 Å². The van der Waals surface area contributed by atoms with Gasteiger partial charge in [0.25, 0.3) is 0 Å². The van der Waals surface area contributed by atoms with E-state index in [0.717, 1.165) is 80.3 Å². The van der Waals surface area contributed by atoms with E-state index in [1.165, 1.54) is 24.0 Å². The van der Waals surface area contributed by atoms with Gasteiger partial charge in [0.05, 0.1) is 28.1 Å². The molecule has 5 aliphatic rings. The lowest BCUT2D eigenvalue weighted by Crippen LogP contribution is -2.56. The van der Waals surface area contributed by atoms with Crippen LogP contribution in [0.3, 0.4) is 0 Å². The largest absolute Gasteiger partial charge is 0.391 e. The third-order valence-corrected chi connectivity index (χ3v) is 10.2. The Kier molecular flexibility index (Phi) is 5.21. The molecule has 1 spiro atoms. The molecule has 35 heavy (non-hydrogen) atoms. The molecule has 184 valence electrons. The smallest absolute Gasteiger partial charge is 0.227 e. The van der Waals surface area contributed by atoms with E-state index >= 15 is 0 Å². The van der Waals surface area contributed by atoms with Crippen molar-refractivity contribution >= 4 is 28.1 Å². The number of aliphatic hydroxyl groups excluding tert-OH is 1. The van der Waals surface area contributed by atoms with Gasteiger partial charge in [0.15, 0.2) is 11.6 Å². The van der Waals surface area contributed by atoms with Crippen molar-refractivity contribution < 1.29 is 9.32 Å². The lowest BCUT2D eigenvalue weighted by Gasteiger charge is -2.48. The van der Waals surface area contributed by atoms with Crippen molar-refractivity contribution in [2.75, 3.05) is 35.2 Å². The van der Waals surface area contributed by atoms with Gasteiger partial charge in [-0.25, -0.2) is 15.0 Å². The van der Waals surface area contributed by atoms with Gasteiger partial charge >= 0.3 is 0 Å². The monoisotopic (exact) mass is 492 g/mol. The molecule has 2 aliphatic carbocycles. The van der Waals surface area contributed by atoms with Crippen molar-refractivity contribution in [2.45, 2.75) is 80.2 Å². The fourth-order valence-corrected chi connectivity index (χ4v) is 7.62. The van der Waals surface area contributed by atoms with Gasteiger partial charge in [0.1, 0.15) is 4.90 Å². The van der Waals surface area contributed by atoms with Crippen molar-refractivity contribution in [3.8, 4) is 0 Å². The van der Waals surface area contributed by atoms with E-state index in [0.29, 0.717) is 24.2 Å². The third kappa shape index (κ3) is 3.61. The van der Waals surface area contributed by atoms with E-state index in [1.54, 1.807) is 0 Å². The Hall–Kier alpha value is -2.39. The Bertz CT molecular complexity index is 1210. The summed E-state index contributed by atoms with van der Waals surface area (Å²) >= 11 is 0. The number of anilines is 2. The third-order valence-electron chi connectivity index (χ3n) is 8.64. The molecule has 8 nitrogen and oxygen atoms in total. The number of rotatable bonds is 4. The first-order valence-electron chi connectivity index (χ1n) is 13.1. The minimum Gasteiger partial charge on any atom is -0.391 e. The molecule has 3 aliphatic heterocycles.